The number of ketones is 3. The van der Waals surface area contributed by atoms with E-state index in [1.807, 2.05) is 52.4 Å². The maximum Gasteiger partial charge on any atom is 0.171 e. The van der Waals surface area contributed by atoms with Gasteiger partial charge in [-0.05, 0) is 441 Å². The fourth-order valence-corrected chi connectivity index (χ4v) is 33.2. The molecule has 0 aromatic carbocycles. The maximum atomic E-state index is 13.2. The molecule has 0 amide bonds. The van der Waals surface area contributed by atoms with Gasteiger partial charge in [-0.3, -0.25) is 14.4 Å². The minimum Gasteiger partial charge on any atom is -0.390 e. The van der Waals surface area contributed by atoms with E-state index in [1.54, 1.807) is 21.9 Å². The number of allylic oxidation sites excluding steroid dienone is 1. The van der Waals surface area contributed by atoms with Gasteiger partial charge >= 0.3 is 0 Å². The van der Waals surface area contributed by atoms with Gasteiger partial charge in [0, 0.05) is 24.0 Å². The summed E-state index contributed by atoms with van der Waals surface area (Å²) in [5.74, 6) is 19.2. The smallest absolute Gasteiger partial charge is 0.171 e. The van der Waals surface area contributed by atoms with Gasteiger partial charge < -0.3 is 20.4 Å². The molecule has 0 bridgehead atoms. The van der Waals surface area contributed by atoms with Gasteiger partial charge in [0.2, 0.25) is 0 Å². The number of hydrogen-bond donors (Lipinski definition) is 4. The predicted octanol–water partition coefficient (Wildman–Crippen LogP) is 16.2. The lowest BCUT2D eigenvalue weighted by Crippen LogP contribution is -2.51. The Bertz CT molecular complexity index is 3990. The lowest BCUT2D eigenvalue weighted by Gasteiger charge is -2.57. The molecule has 4 N–H and O–H groups in total. The van der Waals surface area contributed by atoms with Crippen LogP contribution in [0.5, 0.6) is 0 Å². The van der Waals surface area contributed by atoms with Gasteiger partial charge in [-0.2, -0.15) is 19.8 Å². The molecule has 20 rings (SSSR count). The highest BCUT2D eigenvalue weighted by molar-refractivity contribution is 5.83. The van der Waals surface area contributed by atoms with E-state index >= 15 is 0 Å². The minimum absolute atomic E-state index is 0.140. The molecule has 0 spiro atoms. The molecule has 32 atom stereocenters. The van der Waals surface area contributed by atoms with Crippen molar-refractivity contribution in [1.29, 1.82) is 0 Å². The molecular weight excluding hydrogens is 1440 g/mol. The quantitative estimate of drug-likeness (QED) is 0.0959. The number of rotatable bonds is 12. The zero-order valence-corrected chi connectivity index (χ0v) is 72.4. The summed E-state index contributed by atoms with van der Waals surface area (Å²) in [5.41, 5.74) is 1.35. The molecule has 16 saturated carbocycles. The topological polar surface area (TPSA) is 281 Å². The molecule has 0 radical (unpaired) electrons. The molecule has 0 unspecified atom stereocenters. The number of aromatic nitrogens is 14. The lowest BCUT2D eigenvalue weighted by molar-refractivity contribution is -0.133. The highest BCUT2D eigenvalue weighted by Gasteiger charge is 2.64. The second-order valence-corrected chi connectivity index (χ2v) is 44.8. The number of aliphatic hydroxyl groups is 4. The standard InChI is InChI=1S/C24H37N3O2.C24H37N3O.2C23H36N4O2/c1-15-13-25-27(26-15)14-22(28)21-7-6-20-19-5-4-16-12-23(2,29)10-8-17(16)18(19)9-11-24(20,21)3;1-16(15-27-13-12-25-26-27)21-6-7-22-20-5-4-17-14-23(2,28)10-8-18(17)19(20)9-11-24(21,22)3;1-14-24-25-26-27(14)13-21(28)20-7-6-19-18-5-4-15-12-22(2,29)10-8-16(15)17(18)9-11-23(19,20)3;1-14-24-26-27(25-14)13-21(28)20-7-6-19-18-5-4-15-12-22(2,29)10-8-16(15)17(18)9-11-23(19,20)3/h13,16-21,29H,4-12,14H2,1-3H3;12-13,17-22,28H,1,4-11,14-15H2,2-3H3;2*15-20,29H,4-13H2,1-3H3/t16-,17+,18-,19-,20+,21-,23-,24+;17-,18+,19-,20-,21-,22+,23-,24-;2*15-,16+,17-,18-,19+,20-,22-,23+/m1111/s1. The van der Waals surface area contributed by atoms with Crippen LogP contribution in [-0.4, -0.2) is 131 Å². The van der Waals surface area contributed by atoms with Crippen LogP contribution < -0.4 is 0 Å². The molecule has 16 fully saturated rings. The monoisotopic (exact) mass is 1580 g/mol. The average Bonchev–Trinajstić information content (AvgIpc) is 1.60. The minimum atomic E-state index is -0.449. The fraction of sp³-hybridized carbons (Fsp3) is 0.883. The Labute approximate surface area is 686 Å². The first-order valence-corrected chi connectivity index (χ1v) is 47.0. The second kappa shape index (κ2) is 31.5. The average molecular weight is 1580 g/mol. The summed E-state index contributed by atoms with van der Waals surface area (Å²) in [4.78, 5) is 42.7. The van der Waals surface area contributed by atoms with E-state index in [9.17, 15) is 34.8 Å². The van der Waals surface area contributed by atoms with Gasteiger partial charge in [0.25, 0.3) is 0 Å². The van der Waals surface area contributed by atoms with Crippen LogP contribution in [-0.2, 0) is 40.6 Å². The first-order chi connectivity index (χ1) is 54.7. The van der Waals surface area contributed by atoms with Crippen LogP contribution in [0.2, 0.25) is 0 Å². The van der Waals surface area contributed by atoms with Crippen molar-refractivity contribution in [3.8, 4) is 0 Å². The van der Waals surface area contributed by atoms with Crippen molar-refractivity contribution in [2.24, 2.45) is 164 Å². The Morgan fingerprint density at radius 2 is 0.757 bits per heavy atom. The van der Waals surface area contributed by atoms with Crippen LogP contribution in [0.3, 0.4) is 0 Å². The van der Waals surface area contributed by atoms with E-state index < -0.39 is 22.4 Å². The summed E-state index contributed by atoms with van der Waals surface area (Å²) in [6.07, 6.45) is 48.3. The number of Topliss-reactive ketones (excluding diaryl/α,β-unsaturated/α-hetero) is 3. The molecule has 4 aromatic rings. The first-order valence-electron chi connectivity index (χ1n) is 47.0. The van der Waals surface area contributed by atoms with Crippen molar-refractivity contribution in [2.45, 2.75) is 356 Å². The summed E-state index contributed by atoms with van der Waals surface area (Å²) < 4.78 is 3.59. The van der Waals surface area contributed by atoms with Crippen molar-refractivity contribution in [3.05, 3.63) is 48.1 Å². The molecule has 4 aromatic heterocycles. The van der Waals surface area contributed by atoms with Crippen LogP contribution in [0.4, 0.5) is 0 Å². The first kappa shape index (κ1) is 82.3. The van der Waals surface area contributed by atoms with Crippen LogP contribution in [0, 0.1) is 184 Å². The molecule has 634 valence electrons. The van der Waals surface area contributed by atoms with Gasteiger partial charge in [-0.1, -0.05) is 45.1 Å². The van der Waals surface area contributed by atoms with Crippen molar-refractivity contribution in [1.82, 2.24) is 70.4 Å². The zero-order chi connectivity index (χ0) is 80.7. The van der Waals surface area contributed by atoms with Crippen LogP contribution in [0.15, 0.2) is 30.7 Å². The highest BCUT2D eigenvalue weighted by Crippen LogP contribution is 2.70. The van der Waals surface area contributed by atoms with Crippen molar-refractivity contribution >= 4 is 17.3 Å². The molecule has 115 heavy (non-hydrogen) atoms. The fourth-order valence-electron chi connectivity index (χ4n) is 33.2. The zero-order valence-electron chi connectivity index (χ0n) is 72.4. The summed E-state index contributed by atoms with van der Waals surface area (Å²) in [7, 11) is 0. The summed E-state index contributed by atoms with van der Waals surface area (Å²) in [6, 6.07) is 0. The van der Waals surface area contributed by atoms with Crippen molar-refractivity contribution < 1.29 is 34.8 Å². The third kappa shape index (κ3) is 15.7. The Hall–Kier alpha value is -4.99. The Morgan fingerprint density at radius 1 is 0.391 bits per heavy atom. The van der Waals surface area contributed by atoms with E-state index in [0.717, 1.165) is 172 Å². The summed E-state index contributed by atoms with van der Waals surface area (Å²) in [6.45, 7) is 29.8. The van der Waals surface area contributed by atoms with Crippen molar-refractivity contribution in [3.63, 3.8) is 0 Å². The largest absolute Gasteiger partial charge is 0.390 e. The number of fused-ring (bicyclic) bond motifs is 20. The van der Waals surface area contributed by atoms with E-state index in [1.165, 1.54) is 171 Å². The third-order valence-corrected chi connectivity index (χ3v) is 38.3. The van der Waals surface area contributed by atoms with Gasteiger partial charge in [0.15, 0.2) is 23.2 Å². The SMILES string of the molecule is C=C(Cn1ccnn1)[C@H]1CC[C@H]2[C@@H]3CC[C@@H]4C[C@](C)(O)CC[C@@H]4[C@H]3CC[C@]12C.Cc1cnn(CC(=O)[C@H]2CC[C@H]3[C@@H]4CC[C@@H]5C[C@](C)(O)CC[C@@H]5[C@H]4CC[C@]23C)n1.Cc1nnn(CC(=O)[C@H]2CC[C@H]3[C@@H]4CC[C@@H]5C[C@](C)(O)CC[C@@H]5[C@H]4CC[C@]23C)n1.Cc1nnnn1CC(=O)[C@H]1CC[C@H]2[C@@H]3CC[C@@H]4C[C@](C)(O)CC[C@@H]4[C@H]3CC[C@]12C. The number of carbonyl (C=O) groups is 3. The van der Waals surface area contributed by atoms with Gasteiger partial charge in [-0.15, -0.1) is 20.4 Å². The third-order valence-electron chi connectivity index (χ3n) is 38.3. The molecule has 21 heteroatoms. The van der Waals surface area contributed by atoms with Crippen LogP contribution in [0.25, 0.3) is 0 Å². The Morgan fingerprint density at radius 3 is 1.10 bits per heavy atom. The van der Waals surface area contributed by atoms with Gasteiger partial charge in [0.1, 0.15) is 25.5 Å². The Balaban J connectivity index is 0.000000111. The highest BCUT2D eigenvalue weighted by atomic mass is 16.3. The van der Waals surface area contributed by atoms with Gasteiger partial charge in [-0.25, -0.2) is 9.36 Å². The molecule has 4 heterocycles. The molecule has 0 saturated heterocycles. The number of nitrogens with zero attached hydrogens (tertiary/aromatic N) is 14. The lowest BCUT2D eigenvalue weighted by atomic mass is 9.49. The van der Waals surface area contributed by atoms with E-state index in [0.29, 0.717) is 83.0 Å². The molecule has 16 aliphatic carbocycles. The van der Waals surface area contributed by atoms with Crippen LogP contribution >= 0.6 is 0 Å². The number of tetrazole rings is 2. The number of aryl methyl sites for hydroxylation is 3. The molecule has 0 aliphatic heterocycles. The normalized spacial score (nSPS) is 46.9. The number of carbonyl (C=O) groups excluding carboxylic acids is 3. The van der Waals surface area contributed by atoms with E-state index in [4.69, 9.17) is 0 Å². The number of hydrogen-bond acceptors (Lipinski definition) is 17. The second-order valence-electron chi connectivity index (χ2n) is 44.8. The summed E-state index contributed by atoms with van der Waals surface area (Å²) in [5, 5.41) is 82.7. The molecule has 21 nitrogen and oxygen atoms in total. The van der Waals surface area contributed by atoms with Crippen molar-refractivity contribution in [2.75, 3.05) is 0 Å². The molecule has 16 aliphatic rings. The van der Waals surface area contributed by atoms with E-state index in [-0.39, 0.29) is 40.5 Å². The molecular formula is C94H146N14O7. The Kier molecular flexibility index (Phi) is 22.5. The summed E-state index contributed by atoms with van der Waals surface area (Å²) >= 11 is 0. The van der Waals surface area contributed by atoms with E-state index in [2.05, 4.69) is 92.6 Å². The van der Waals surface area contributed by atoms with Crippen LogP contribution in [0.1, 0.15) is 304 Å². The maximum absolute atomic E-state index is 13.2. The predicted molar refractivity (Wildman–Crippen MR) is 439 cm³/mol. The van der Waals surface area contributed by atoms with Gasteiger partial charge in [0.05, 0.1) is 47.0 Å².